The van der Waals surface area contributed by atoms with Gasteiger partial charge in [-0.25, -0.2) is 57.5 Å². The molecule has 0 saturated heterocycles. The molecule has 113 heavy (non-hydrogen) atoms. The minimum atomic E-state index is -2.08. The van der Waals surface area contributed by atoms with E-state index >= 15 is 0 Å². The van der Waals surface area contributed by atoms with E-state index in [1.165, 1.54) is 0 Å². The Labute approximate surface area is 899 Å². The molecule has 0 radical (unpaired) electrons. The van der Waals surface area contributed by atoms with E-state index in [-0.39, 0.29) is 384 Å². The summed E-state index contributed by atoms with van der Waals surface area (Å²) in [6.45, 7) is 0. The quantitative estimate of drug-likeness (QED) is 0.100. The molecule has 0 aliphatic rings. The number of carbonyl (C=O) groups is 25. The molecule has 0 amide bonds. The van der Waals surface area contributed by atoms with Crippen LogP contribution in [0.15, 0.2) is 0 Å². The van der Waals surface area contributed by atoms with E-state index in [0.29, 0.717) is 0 Å². The zero-order chi connectivity index (χ0) is 89.4. The minimum Gasteiger partial charge on any atom is -0.565 e. The predicted octanol–water partition coefficient (Wildman–Crippen LogP) is -50.7. The van der Waals surface area contributed by atoms with E-state index in [0.717, 1.165) is 0 Å². The zero-order valence-corrected chi connectivity index (χ0v) is 83.6. The molecular weight excluding hydrogens is 1800 g/mol. The van der Waals surface area contributed by atoms with Crippen molar-refractivity contribution in [2.75, 3.05) is 0 Å². The summed E-state index contributed by atoms with van der Waals surface area (Å²) in [7, 11) is 0. The summed E-state index contributed by atoms with van der Waals surface area (Å²) in [5, 5.41) is 366. The summed E-state index contributed by atoms with van der Waals surface area (Å²) in [4.78, 5) is 212. The van der Waals surface area contributed by atoms with Gasteiger partial charge in [0.15, 0.2) is 0 Å². The average Bonchev–Trinajstić information content (AvgIpc) is 3.15. The number of carboxylic acid groups (broad SMARTS) is 50. The van der Waals surface area contributed by atoms with Gasteiger partial charge in [0.2, 0.25) is 80.0 Å². The summed E-state index contributed by atoms with van der Waals surface area (Å²) < 4.78 is 0. The fourth-order valence-corrected chi connectivity index (χ4v) is 0. The molecule has 0 rings (SSSR count). The maximum Gasteiger partial charge on any atom is 1.00 e. The first-order valence-electron chi connectivity index (χ1n) is 16.0. The molecule has 0 aromatic rings. The van der Waals surface area contributed by atoms with Crippen LogP contribution in [-0.2, 0) is 0 Å². The topological polar surface area (TPSA) is 1480 Å². The Hall–Kier alpha value is -5.25. The molecule has 0 fully saturated rings. The second-order valence-electron chi connectivity index (χ2n) is 6.85. The second kappa shape index (κ2) is 245. The van der Waals surface area contributed by atoms with Gasteiger partial charge in [-0.15, -0.1) is 0 Å². The number of hydrogen-bond donors (Lipinski definition) is 37. The van der Waals surface area contributed by atoms with E-state index in [4.69, 9.17) is 375 Å². The van der Waals surface area contributed by atoms with Gasteiger partial charge in [-0.2, -0.15) is 0 Å². The Morgan fingerprint density at radius 3 is 0.0885 bits per heavy atom. The van der Waals surface area contributed by atoms with Gasteiger partial charge in [0.25, 0.3) is 0 Å². The van der Waals surface area contributed by atoms with Crippen LogP contribution in [0.4, 0.5) is 120 Å². The van der Waals surface area contributed by atoms with Gasteiger partial charge in [-0.1, -0.05) is 0 Å². The van der Waals surface area contributed by atoms with Crippen molar-refractivity contribution in [1.29, 1.82) is 0 Å². The second-order valence-corrected chi connectivity index (χ2v) is 6.85. The third kappa shape index (κ3) is 42500. The van der Waals surface area contributed by atoms with Crippen molar-refractivity contribution in [2.45, 2.75) is 0 Å². The van der Waals surface area contributed by atoms with Crippen LogP contribution in [0.25, 0.3) is 0 Å². The first-order valence-corrected chi connectivity index (χ1v) is 16.0. The van der Waals surface area contributed by atoms with Crippen LogP contribution < -0.4 is 451 Å². The third-order valence-corrected chi connectivity index (χ3v) is 0. The Balaban J connectivity index is -0.0000000143. The fourth-order valence-electron chi connectivity index (χ4n) is 0. The number of rotatable bonds is 0. The van der Waals surface area contributed by atoms with E-state index in [1.807, 2.05) is 0 Å². The van der Waals surface area contributed by atoms with Gasteiger partial charge in [-0.3, -0.25) is 0 Å². The predicted molar refractivity (Wildman–Crippen MR) is 232 cm³/mol. The van der Waals surface area contributed by atoms with Crippen molar-refractivity contribution in [2.24, 2.45) is 0 Å². The van der Waals surface area contributed by atoms with Crippen molar-refractivity contribution >= 4 is 154 Å². The van der Waals surface area contributed by atoms with Gasteiger partial charge in [-0.05, 0) is 0 Å². The minimum absolute atomic E-state index is 0. The zero-order valence-electron chi connectivity index (χ0n) is 57.6. The van der Waals surface area contributed by atoms with E-state index in [1.54, 1.807) is 0 Å². The Bertz CT molecular complexity index is 1410. The summed E-state index contributed by atoms with van der Waals surface area (Å²) in [5.41, 5.74) is 0. The summed E-state index contributed by atoms with van der Waals surface area (Å²) in [5.74, 6) is 0. The van der Waals surface area contributed by atoms with Crippen molar-refractivity contribution < 1.29 is 759 Å². The summed E-state index contributed by atoms with van der Waals surface area (Å²) in [6.07, 6.45) is -49.1. The van der Waals surface area contributed by atoms with Crippen LogP contribution >= 0.6 is 0 Å². The molecule has 0 aliphatic heterocycles. The molecule has 37 N–H and O–H groups in total. The molecule has 0 atom stereocenters. The molecule has 0 saturated carbocycles. The van der Waals surface area contributed by atoms with Crippen LogP contribution in [0.5, 0.6) is 0 Å². The standard InChI is InChI=1S/25CH2O3.13Na/c25*2-1(3)4;;;;;;;;;;;;;/h25*(H2,2,3,4);;;;;;;;;;;;;/q;;;;;;;;;;;;;;;;;;;;;;;;;13*+1/p-13. The molecular formula is C25H37Na13O75. The largest absolute Gasteiger partial charge is 1.00 e. The molecule has 88 heteroatoms. The van der Waals surface area contributed by atoms with Crippen LogP contribution in [0.1, 0.15) is 0 Å². The molecule has 0 aromatic heterocycles. The molecule has 0 aliphatic carbocycles. The molecule has 75 nitrogen and oxygen atoms in total. The first kappa shape index (κ1) is 252. The Morgan fingerprint density at radius 2 is 0.0885 bits per heavy atom. The van der Waals surface area contributed by atoms with Gasteiger partial charge in [0.1, 0.15) is 0 Å². The average molecular weight is 1840 g/mol. The van der Waals surface area contributed by atoms with E-state index in [2.05, 4.69) is 0 Å². The molecule has 0 heterocycles. The van der Waals surface area contributed by atoms with Gasteiger partial charge < -0.3 is 318 Å². The van der Waals surface area contributed by atoms with E-state index < -0.39 is 154 Å². The molecule has 0 unspecified atom stereocenters. The van der Waals surface area contributed by atoms with Crippen LogP contribution in [-0.4, -0.2) is 343 Å². The monoisotopic (exact) mass is 1840 g/mol. The Morgan fingerprint density at radius 1 is 0.0885 bits per heavy atom. The van der Waals surface area contributed by atoms with Crippen molar-refractivity contribution in [3.8, 4) is 0 Å². The molecule has 600 valence electrons. The third-order valence-electron chi connectivity index (χ3n) is 0. The molecule has 0 bridgehead atoms. The molecule has 0 aromatic carbocycles. The van der Waals surface area contributed by atoms with E-state index in [9.17, 15) is 0 Å². The SMILES string of the molecule is O=C(O)O.O=C(O)O.O=C(O)O.O=C(O)O.O=C(O)O.O=C(O)O.O=C(O)O.O=C(O)O.O=C(O)O.O=C(O)O.O=C(O)O.O=C(O)O.O=C([O-])O.O=C([O-])O.O=C([O-])O.O=C([O-])O.O=C([O-])O.O=C([O-])O.O=C([O-])O.O=C([O-])O.O=C([O-])O.O=C([O-])O.O=C([O-])O.O=C([O-])O.O=C([O-])O.[Na+].[Na+].[Na+].[Na+].[Na+].[Na+].[Na+].[Na+].[Na+].[Na+].[Na+].[Na+].[Na+]. The normalized spacial score (nSPS) is 5.31. The maximum atomic E-state index is 8.56. The van der Waals surface area contributed by atoms with Crippen molar-refractivity contribution in [3.63, 3.8) is 0 Å². The summed E-state index contributed by atoms with van der Waals surface area (Å²) in [6, 6.07) is 0. The molecule has 0 spiro atoms. The van der Waals surface area contributed by atoms with Crippen LogP contribution in [0, 0.1) is 0 Å². The van der Waals surface area contributed by atoms with Crippen molar-refractivity contribution in [3.05, 3.63) is 0 Å². The maximum absolute atomic E-state index is 8.56. The first-order chi connectivity index (χ1) is 43.3. The number of hydrogen-bond acceptors (Lipinski definition) is 38. The Kier molecular flexibility index (Phi) is 548. The van der Waals surface area contributed by atoms with Crippen LogP contribution in [0.2, 0.25) is 0 Å². The van der Waals surface area contributed by atoms with Gasteiger partial charge in [0.05, 0.1) is 0 Å². The van der Waals surface area contributed by atoms with Crippen molar-refractivity contribution in [1.82, 2.24) is 0 Å². The fraction of sp³-hybridized carbons (Fsp3) is 0. The summed E-state index contributed by atoms with van der Waals surface area (Å²) >= 11 is 0. The smallest absolute Gasteiger partial charge is 0.565 e. The van der Waals surface area contributed by atoms with Gasteiger partial charge in [0, 0.05) is 0 Å². The van der Waals surface area contributed by atoms with Crippen LogP contribution in [0.3, 0.4) is 0 Å². The van der Waals surface area contributed by atoms with Gasteiger partial charge >= 0.3 is 458 Å².